The Morgan fingerprint density at radius 1 is 1.40 bits per heavy atom. The number of carboxylic acid groups (broad SMARTS) is 1. The number of aryl methyl sites for hydroxylation is 1. The summed E-state index contributed by atoms with van der Waals surface area (Å²) in [6, 6.07) is 4.99. The van der Waals surface area contributed by atoms with Crippen molar-refractivity contribution in [2.45, 2.75) is 31.7 Å². The lowest BCUT2D eigenvalue weighted by molar-refractivity contribution is -0.147. The number of hydrogen-bond donors (Lipinski definition) is 2. The van der Waals surface area contributed by atoms with E-state index in [1.54, 1.807) is 25.1 Å². The Morgan fingerprint density at radius 3 is 2.65 bits per heavy atom. The van der Waals surface area contributed by atoms with Crippen molar-refractivity contribution in [3.63, 3.8) is 0 Å². The molecule has 110 valence electrons. The van der Waals surface area contributed by atoms with Gasteiger partial charge in [-0.25, -0.2) is 4.79 Å². The number of rotatable bonds is 7. The van der Waals surface area contributed by atoms with Crippen molar-refractivity contribution in [1.82, 2.24) is 0 Å². The van der Waals surface area contributed by atoms with Crippen LogP contribution in [-0.2, 0) is 26.6 Å². The van der Waals surface area contributed by atoms with E-state index in [1.807, 2.05) is 0 Å². The molecule has 1 rings (SSSR count). The van der Waals surface area contributed by atoms with Gasteiger partial charge in [0.25, 0.3) is 0 Å². The van der Waals surface area contributed by atoms with E-state index in [4.69, 9.17) is 21.4 Å². The number of hydrogen-bond acceptors (Lipinski definition) is 4. The molecular formula is C14H17ClO5. The lowest BCUT2D eigenvalue weighted by Crippen LogP contribution is -2.13. The summed E-state index contributed by atoms with van der Waals surface area (Å²) in [5.74, 6) is -1.54. The highest BCUT2D eigenvalue weighted by Gasteiger charge is 2.19. The van der Waals surface area contributed by atoms with Crippen LogP contribution in [0.2, 0.25) is 0 Å². The van der Waals surface area contributed by atoms with Crippen LogP contribution in [0.15, 0.2) is 18.2 Å². The van der Waals surface area contributed by atoms with Crippen LogP contribution in [0.5, 0.6) is 0 Å². The third kappa shape index (κ3) is 4.51. The SMILES string of the molecule is CCOC(=O)CCc1ccc(CCl)c(C(O)C(=O)O)c1. The minimum atomic E-state index is -1.62. The summed E-state index contributed by atoms with van der Waals surface area (Å²) >= 11 is 5.72. The number of carboxylic acids is 1. The van der Waals surface area contributed by atoms with E-state index in [9.17, 15) is 14.7 Å². The average Bonchev–Trinajstić information content (AvgIpc) is 2.44. The first-order valence-electron chi connectivity index (χ1n) is 6.23. The van der Waals surface area contributed by atoms with Gasteiger partial charge in [-0.15, -0.1) is 11.6 Å². The number of benzene rings is 1. The third-order valence-electron chi connectivity index (χ3n) is 2.81. The van der Waals surface area contributed by atoms with Gasteiger partial charge in [-0.05, 0) is 30.0 Å². The number of carbonyl (C=O) groups excluding carboxylic acids is 1. The van der Waals surface area contributed by atoms with Gasteiger partial charge in [0.1, 0.15) is 0 Å². The van der Waals surface area contributed by atoms with Gasteiger partial charge in [0.2, 0.25) is 0 Å². The van der Waals surface area contributed by atoms with Crippen LogP contribution in [0, 0.1) is 0 Å². The van der Waals surface area contributed by atoms with Crippen molar-refractivity contribution in [3.05, 3.63) is 34.9 Å². The molecule has 0 spiro atoms. The van der Waals surface area contributed by atoms with Gasteiger partial charge in [-0.2, -0.15) is 0 Å². The molecule has 0 aromatic heterocycles. The molecule has 20 heavy (non-hydrogen) atoms. The fourth-order valence-electron chi connectivity index (χ4n) is 1.79. The number of aliphatic hydroxyl groups excluding tert-OH is 1. The highest BCUT2D eigenvalue weighted by Crippen LogP contribution is 2.22. The molecule has 6 heteroatoms. The number of ether oxygens (including phenoxy) is 1. The molecule has 0 aliphatic heterocycles. The predicted octanol–water partition coefficient (Wildman–Crippen LogP) is 2.04. The zero-order chi connectivity index (χ0) is 15.1. The van der Waals surface area contributed by atoms with Gasteiger partial charge in [0, 0.05) is 12.3 Å². The number of halogens is 1. The number of alkyl halides is 1. The van der Waals surface area contributed by atoms with Crippen molar-refractivity contribution in [2.75, 3.05) is 6.61 Å². The number of aliphatic carboxylic acids is 1. The maximum Gasteiger partial charge on any atom is 0.337 e. The molecule has 0 radical (unpaired) electrons. The first-order chi connectivity index (χ1) is 9.49. The standard InChI is InChI=1S/C14H17ClO5/c1-2-20-12(16)6-4-9-3-5-10(8-15)11(7-9)13(17)14(18)19/h3,5,7,13,17H,2,4,6,8H2,1H3,(H,18,19). The maximum atomic E-state index is 11.3. The molecule has 0 bridgehead atoms. The minimum Gasteiger partial charge on any atom is -0.479 e. The summed E-state index contributed by atoms with van der Waals surface area (Å²) < 4.78 is 4.82. The summed E-state index contributed by atoms with van der Waals surface area (Å²) in [4.78, 5) is 22.1. The van der Waals surface area contributed by atoms with E-state index < -0.39 is 12.1 Å². The Hall–Kier alpha value is -1.59. The lowest BCUT2D eigenvalue weighted by Gasteiger charge is -2.12. The van der Waals surface area contributed by atoms with Gasteiger partial charge >= 0.3 is 11.9 Å². The second-order valence-corrected chi connectivity index (χ2v) is 4.48. The normalized spacial score (nSPS) is 11.9. The highest BCUT2D eigenvalue weighted by molar-refractivity contribution is 6.17. The van der Waals surface area contributed by atoms with Crippen LogP contribution in [-0.4, -0.2) is 28.8 Å². The maximum absolute atomic E-state index is 11.3. The fourth-order valence-corrected chi connectivity index (χ4v) is 2.03. The topological polar surface area (TPSA) is 83.8 Å². The molecule has 0 heterocycles. The number of aliphatic hydroxyl groups is 1. The zero-order valence-corrected chi connectivity index (χ0v) is 11.9. The molecule has 1 unspecified atom stereocenters. The third-order valence-corrected chi connectivity index (χ3v) is 3.09. The quantitative estimate of drug-likeness (QED) is 0.594. The van der Waals surface area contributed by atoms with Crippen LogP contribution >= 0.6 is 11.6 Å². The average molecular weight is 301 g/mol. The second-order valence-electron chi connectivity index (χ2n) is 4.21. The second kappa shape index (κ2) is 7.87. The molecule has 1 atom stereocenters. The largest absolute Gasteiger partial charge is 0.479 e. The Bertz CT molecular complexity index is 486. The predicted molar refractivity (Wildman–Crippen MR) is 73.5 cm³/mol. The lowest BCUT2D eigenvalue weighted by atomic mass is 9.98. The summed E-state index contributed by atoms with van der Waals surface area (Å²) in [7, 11) is 0. The Kier molecular flexibility index (Phi) is 6.48. The zero-order valence-electron chi connectivity index (χ0n) is 11.1. The number of carbonyl (C=O) groups is 2. The van der Waals surface area contributed by atoms with Gasteiger partial charge in [0.15, 0.2) is 6.10 Å². The fraction of sp³-hybridized carbons (Fsp3) is 0.429. The molecular weight excluding hydrogens is 284 g/mol. The number of esters is 1. The van der Waals surface area contributed by atoms with Crippen LogP contribution < -0.4 is 0 Å². The van der Waals surface area contributed by atoms with Crippen LogP contribution in [0.25, 0.3) is 0 Å². The van der Waals surface area contributed by atoms with E-state index in [0.29, 0.717) is 18.6 Å². The van der Waals surface area contributed by atoms with Crippen molar-refractivity contribution < 1.29 is 24.5 Å². The molecule has 0 aliphatic carbocycles. The highest BCUT2D eigenvalue weighted by atomic mass is 35.5. The molecule has 5 nitrogen and oxygen atoms in total. The van der Waals surface area contributed by atoms with Crippen LogP contribution in [0.3, 0.4) is 0 Å². The van der Waals surface area contributed by atoms with Crippen LogP contribution in [0.1, 0.15) is 36.1 Å². The Morgan fingerprint density at radius 2 is 2.10 bits per heavy atom. The minimum absolute atomic E-state index is 0.109. The van der Waals surface area contributed by atoms with E-state index in [2.05, 4.69) is 0 Å². The summed E-state index contributed by atoms with van der Waals surface area (Å²) in [6.07, 6.45) is -0.997. The monoisotopic (exact) mass is 300 g/mol. The first-order valence-corrected chi connectivity index (χ1v) is 6.77. The van der Waals surface area contributed by atoms with Gasteiger partial charge < -0.3 is 14.9 Å². The first kappa shape index (κ1) is 16.5. The Balaban J connectivity index is 2.87. The Labute approximate surface area is 122 Å². The van der Waals surface area contributed by atoms with Crippen LogP contribution in [0.4, 0.5) is 0 Å². The van der Waals surface area contributed by atoms with E-state index in [-0.39, 0.29) is 23.8 Å². The molecule has 0 aliphatic rings. The molecule has 0 amide bonds. The summed E-state index contributed by atoms with van der Waals surface area (Å²) in [5.41, 5.74) is 1.57. The van der Waals surface area contributed by atoms with Gasteiger partial charge in [-0.1, -0.05) is 18.2 Å². The summed E-state index contributed by atoms with van der Waals surface area (Å²) in [6.45, 7) is 2.06. The molecule has 0 saturated heterocycles. The van der Waals surface area contributed by atoms with Crippen molar-refractivity contribution in [2.24, 2.45) is 0 Å². The molecule has 2 N–H and O–H groups in total. The molecule has 0 saturated carbocycles. The smallest absolute Gasteiger partial charge is 0.337 e. The van der Waals surface area contributed by atoms with Gasteiger partial charge in [0.05, 0.1) is 6.61 Å². The van der Waals surface area contributed by atoms with Crippen molar-refractivity contribution in [1.29, 1.82) is 0 Å². The van der Waals surface area contributed by atoms with Crippen molar-refractivity contribution in [3.8, 4) is 0 Å². The van der Waals surface area contributed by atoms with E-state index >= 15 is 0 Å². The molecule has 1 aromatic carbocycles. The van der Waals surface area contributed by atoms with Gasteiger partial charge in [-0.3, -0.25) is 4.79 Å². The summed E-state index contributed by atoms with van der Waals surface area (Å²) in [5, 5.41) is 18.5. The molecule has 1 aromatic rings. The van der Waals surface area contributed by atoms with E-state index in [0.717, 1.165) is 5.56 Å². The van der Waals surface area contributed by atoms with E-state index in [1.165, 1.54) is 0 Å². The molecule has 0 fully saturated rings. The van der Waals surface area contributed by atoms with Crippen molar-refractivity contribution >= 4 is 23.5 Å².